The molecule has 0 saturated carbocycles. The Morgan fingerprint density at radius 1 is 1.28 bits per heavy atom. The zero-order valence-corrected chi connectivity index (χ0v) is 20.0. The largest absolute Gasteiger partial charge is 0.357 e. The van der Waals surface area contributed by atoms with Gasteiger partial charge in [-0.05, 0) is 49.4 Å². The van der Waals surface area contributed by atoms with Gasteiger partial charge in [0.15, 0.2) is 17.4 Å². The van der Waals surface area contributed by atoms with Gasteiger partial charge in [0.05, 0.1) is 0 Å². The van der Waals surface area contributed by atoms with Gasteiger partial charge >= 0.3 is 0 Å². The molecule has 0 amide bonds. The van der Waals surface area contributed by atoms with E-state index in [9.17, 15) is 0 Å². The number of hydrogen-bond donors (Lipinski definition) is 2. The quantitative estimate of drug-likeness (QED) is 0.294. The van der Waals surface area contributed by atoms with Crippen molar-refractivity contribution >= 4 is 46.9 Å². The minimum absolute atomic E-state index is 0. The SMILES string of the molecule is CCNC(=NCc1nnc2ccccn12)NCC(C)N1CCc2sccc2C1.I. The lowest BCUT2D eigenvalue weighted by atomic mass is 10.1. The molecule has 9 heteroatoms. The predicted molar refractivity (Wildman–Crippen MR) is 129 cm³/mol. The number of fused-ring (bicyclic) bond motifs is 2. The highest BCUT2D eigenvalue weighted by molar-refractivity contribution is 14.0. The molecule has 156 valence electrons. The van der Waals surface area contributed by atoms with E-state index >= 15 is 0 Å². The van der Waals surface area contributed by atoms with Crippen molar-refractivity contribution in [1.82, 2.24) is 30.1 Å². The smallest absolute Gasteiger partial charge is 0.191 e. The summed E-state index contributed by atoms with van der Waals surface area (Å²) < 4.78 is 1.97. The molecule has 0 bridgehead atoms. The molecule has 0 spiro atoms. The number of guanidine groups is 1. The van der Waals surface area contributed by atoms with E-state index in [1.807, 2.05) is 40.1 Å². The van der Waals surface area contributed by atoms with E-state index in [0.29, 0.717) is 12.6 Å². The molecule has 0 radical (unpaired) electrons. The van der Waals surface area contributed by atoms with Crippen molar-refractivity contribution in [3.05, 3.63) is 52.1 Å². The lowest BCUT2D eigenvalue weighted by molar-refractivity contribution is 0.192. The number of rotatable bonds is 6. The normalized spacial score (nSPS) is 15.6. The molecule has 3 aromatic heterocycles. The Balaban J connectivity index is 0.00000240. The first kappa shape index (κ1) is 22.0. The van der Waals surface area contributed by atoms with Crippen LogP contribution in [0.2, 0.25) is 0 Å². The van der Waals surface area contributed by atoms with Gasteiger partial charge in [0.1, 0.15) is 6.54 Å². The van der Waals surface area contributed by atoms with Crippen LogP contribution in [0.1, 0.15) is 30.1 Å². The summed E-state index contributed by atoms with van der Waals surface area (Å²) in [5.41, 5.74) is 2.33. The zero-order chi connectivity index (χ0) is 19.3. The molecule has 0 aliphatic carbocycles. The van der Waals surface area contributed by atoms with Crippen LogP contribution < -0.4 is 10.6 Å². The van der Waals surface area contributed by atoms with Crippen molar-refractivity contribution in [3.8, 4) is 0 Å². The second-order valence-electron chi connectivity index (χ2n) is 7.06. The minimum atomic E-state index is 0. The number of pyridine rings is 1. The highest BCUT2D eigenvalue weighted by Crippen LogP contribution is 2.24. The number of halogens is 1. The van der Waals surface area contributed by atoms with Crippen LogP contribution in [0.5, 0.6) is 0 Å². The fourth-order valence-electron chi connectivity index (χ4n) is 3.51. The lowest BCUT2D eigenvalue weighted by Gasteiger charge is -2.32. The summed E-state index contributed by atoms with van der Waals surface area (Å²) in [6.07, 6.45) is 3.13. The average Bonchev–Trinajstić information content (AvgIpc) is 3.36. The molecule has 29 heavy (non-hydrogen) atoms. The monoisotopic (exact) mass is 525 g/mol. The van der Waals surface area contributed by atoms with Crippen molar-refractivity contribution in [2.75, 3.05) is 19.6 Å². The molecule has 3 aromatic rings. The number of hydrogen-bond acceptors (Lipinski definition) is 5. The van der Waals surface area contributed by atoms with E-state index in [1.165, 1.54) is 5.56 Å². The summed E-state index contributed by atoms with van der Waals surface area (Å²) in [6, 6.07) is 8.59. The van der Waals surface area contributed by atoms with E-state index in [2.05, 4.69) is 51.0 Å². The van der Waals surface area contributed by atoms with Crippen molar-refractivity contribution < 1.29 is 0 Å². The zero-order valence-electron chi connectivity index (χ0n) is 16.8. The van der Waals surface area contributed by atoms with Gasteiger partial charge in [-0.25, -0.2) is 4.99 Å². The second kappa shape index (κ2) is 10.4. The summed E-state index contributed by atoms with van der Waals surface area (Å²) >= 11 is 1.89. The van der Waals surface area contributed by atoms with Gasteiger partial charge in [-0.2, -0.15) is 0 Å². The average molecular weight is 525 g/mol. The Hall–Kier alpha value is -1.72. The molecule has 1 unspecified atom stereocenters. The molecule has 4 rings (SSSR count). The third-order valence-electron chi connectivity index (χ3n) is 5.13. The number of nitrogens with one attached hydrogen (secondary N) is 2. The van der Waals surface area contributed by atoms with Crippen LogP contribution in [0.15, 0.2) is 40.8 Å². The fourth-order valence-corrected chi connectivity index (χ4v) is 4.40. The van der Waals surface area contributed by atoms with Gasteiger partial charge in [0.2, 0.25) is 0 Å². The van der Waals surface area contributed by atoms with Crippen LogP contribution >= 0.6 is 35.3 Å². The molecule has 1 atom stereocenters. The number of thiophene rings is 1. The maximum absolute atomic E-state index is 4.71. The van der Waals surface area contributed by atoms with Gasteiger partial charge in [0.25, 0.3) is 0 Å². The summed E-state index contributed by atoms with van der Waals surface area (Å²) in [5, 5.41) is 17.5. The Kier molecular flexibility index (Phi) is 7.84. The topological polar surface area (TPSA) is 69.8 Å². The van der Waals surface area contributed by atoms with E-state index < -0.39 is 0 Å². The minimum Gasteiger partial charge on any atom is -0.357 e. The molecule has 1 aliphatic rings. The van der Waals surface area contributed by atoms with E-state index in [-0.39, 0.29) is 24.0 Å². The molecule has 1 aliphatic heterocycles. The summed E-state index contributed by atoms with van der Waals surface area (Å²) in [7, 11) is 0. The van der Waals surface area contributed by atoms with Crippen molar-refractivity contribution in [2.45, 2.75) is 39.4 Å². The highest BCUT2D eigenvalue weighted by Gasteiger charge is 2.21. The number of aliphatic imine (C=N–C) groups is 1. The highest BCUT2D eigenvalue weighted by atomic mass is 127. The fraction of sp³-hybridized carbons (Fsp3) is 0.450. The molecule has 2 N–H and O–H groups in total. The summed E-state index contributed by atoms with van der Waals surface area (Å²) in [5.74, 6) is 1.65. The molecular weight excluding hydrogens is 497 g/mol. The summed E-state index contributed by atoms with van der Waals surface area (Å²) in [4.78, 5) is 8.79. The third kappa shape index (κ3) is 5.26. The first-order chi connectivity index (χ1) is 13.7. The van der Waals surface area contributed by atoms with Gasteiger partial charge in [-0.15, -0.1) is 45.5 Å². The second-order valence-corrected chi connectivity index (χ2v) is 8.06. The van der Waals surface area contributed by atoms with E-state index in [0.717, 1.165) is 50.0 Å². The van der Waals surface area contributed by atoms with Crippen molar-refractivity contribution in [3.63, 3.8) is 0 Å². The Labute approximate surface area is 192 Å². The van der Waals surface area contributed by atoms with Crippen LogP contribution in [0, 0.1) is 0 Å². The van der Waals surface area contributed by atoms with Gasteiger partial charge in [-0.1, -0.05) is 6.07 Å². The first-order valence-electron chi connectivity index (χ1n) is 9.84. The standard InChI is InChI=1S/C20H27N7S.HI/c1-3-21-20(23-13-19-25-24-18-6-4-5-9-27(18)19)22-12-15(2)26-10-7-17-16(14-26)8-11-28-17;/h4-6,8-9,11,15H,3,7,10,12-14H2,1-2H3,(H2,21,22,23);1H. The molecule has 0 saturated heterocycles. The number of nitrogens with zero attached hydrogens (tertiary/aromatic N) is 5. The molecule has 0 fully saturated rings. The van der Waals surface area contributed by atoms with Gasteiger partial charge in [-0.3, -0.25) is 9.30 Å². The Bertz CT molecular complexity index is 951. The van der Waals surface area contributed by atoms with Crippen LogP contribution in [-0.2, 0) is 19.5 Å². The van der Waals surface area contributed by atoms with Crippen molar-refractivity contribution in [1.29, 1.82) is 0 Å². The van der Waals surface area contributed by atoms with Crippen LogP contribution in [0.3, 0.4) is 0 Å². The number of aromatic nitrogens is 3. The summed E-state index contributed by atoms with van der Waals surface area (Å²) in [6.45, 7) is 8.68. The Morgan fingerprint density at radius 3 is 3.03 bits per heavy atom. The maximum atomic E-state index is 4.71. The lowest BCUT2D eigenvalue weighted by Crippen LogP contribution is -2.47. The van der Waals surface area contributed by atoms with Crippen molar-refractivity contribution in [2.24, 2.45) is 4.99 Å². The van der Waals surface area contributed by atoms with Gasteiger partial charge < -0.3 is 10.6 Å². The first-order valence-corrected chi connectivity index (χ1v) is 10.7. The maximum Gasteiger partial charge on any atom is 0.191 e. The van der Waals surface area contributed by atoms with E-state index in [4.69, 9.17) is 4.99 Å². The molecule has 7 nitrogen and oxygen atoms in total. The predicted octanol–water partition coefficient (Wildman–Crippen LogP) is 2.91. The third-order valence-corrected chi connectivity index (χ3v) is 6.16. The molecule has 4 heterocycles. The Morgan fingerprint density at radius 2 is 2.17 bits per heavy atom. The van der Waals surface area contributed by atoms with Crippen LogP contribution in [0.4, 0.5) is 0 Å². The van der Waals surface area contributed by atoms with Crippen LogP contribution in [-0.4, -0.2) is 51.1 Å². The molecular formula is C20H28IN7S. The molecule has 0 aromatic carbocycles. The van der Waals surface area contributed by atoms with Crippen LogP contribution in [0.25, 0.3) is 5.65 Å². The van der Waals surface area contributed by atoms with E-state index in [1.54, 1.807) is 4.88 Å². The van der Waals surface area contributed by atoms with Gasteiger partial charge in [0, 0.05) is 43.3 Å².